The molecule has 0 N–H and O–H groups in total. The van der Waals surface area contributed by atoms with Gasteiger partial charge in [0.25, 0.3) is 0 Å². The molecule has 0 spiro atoms. The second-order valence-electron chi connectivity index (χ2n) is 6.88. The number of aryl methyl sites for hydroxylation is 1. The van der Waals surface area contributed by atoms with Gasteiger partial charge in [-0.1, -0.05) is 29.8 Å². The van der Waals surface area contributed by atoms with Crippen LogP contribution in [0.15, 0.2) is 59.6 Å². The van der Waals surface area contributed by atoms with Gasteiger partial charge in [0.05, 0.1) is 11.3 Å². The van der Waals surface area contributed by atoms with Gasteiger partial charge in [-0.2, -0.15) is 0 Å². The SMILES string of the molecule is Cn1cc(CC(=O)N2CC(S(=O)(=O)c3ccc(Cl)cc3)C2)c2ccccc21. The molecule has 0 saturated carbocycles. The average Bonchev–Trinajstić information content (AvgIpc) is 2.90. The molecule has 0 radical (unpaired) electrons. The fourth-order valence-electron chi connectivity index (χ4n) is 3.50. The van der Waals surface area contributed by atoms with Crippen LogP contribution in [0.3, 0.4) is 0 Å². The predicted octanol–water partition coefficient (Wildman–Crippen LogP) is 3.06. The highest BCUT2D eigenvalue weighted by atomic mass is 35.5. The minimum atomic E-state index is -3.45. The zero-order valence-electron chi connectivity index (χ0n) is 14.8. The largest absolute Gasteiger partial charge is 0.350 e. The zero-order valence-corrected chi connectivity index (χ0v) is 16.4. The number of carbonyl (C=O) groups excluding carboxylic acids is 1. The molecule has 1 aliphatic rings. The number of likely N-dealkylation sites (tertiary alicyclic amines) is 1. The van der Waals surface area contributed by atoms with E-state index in [9.17, 15) is 13.2 Å². The van der Waals surface area contributed by atoms with Crippen LogP contribution < -0.4 is 0 Å². The van der Waals surface area contributed by atoms with Crippen molar-refractivity contribution in [1.29, 1.82) is 0 Å². The van der Waals surface area contributed by atoms with Crippen molar-refractivity contribution in [2.75, 3.05) is 13.1 Å². The minimum Gasteiger partial charge on any atom is -0.350 e. The van der Waals surface area contributed by atoms with E-state index < -0.39 is 15.1 Å². The van der Waals surface area contributed by atoms with E-state index in [4.69, 9.17) is 11.6 Å². The van der Waals surface area contributed by atoms with Gasteiger partial charge in [0, 0.05) is 42.3 Å². The minimum absolute atomic E-state index is 0.0473. The van der Waals surface area contributed by atoms with E-state index in [2.05, 4.69) is 0 Å². The highest BCUT2D eigenvalue weighted by Crippen LogP contribution is 2.27. The summed E-state index contributed by atoms with van der Waals surface area (Å²) in [6.45, 7) is 0.461. The number of sulfone groups is 1. The second kappa shape index (κ2) is 6.69. The third-order valence-corrected chi connectivity index (χ3v) is 7.46. The number of hydrogen-bond acceptors (Lipinski definition) is 3. The third-order valence-electron chi connectivity index (χ3n) is 5.10. The molecule has 1 amide bonds. The molecule has 5 nitrogen and oxygen atoms in total. The summed E-state index contributed by atoms with van der Waals surface area (Å²) < 4.78 is 27.3. The van der Waals surface area contributed by atoms with Crippen LogP contribution in [0.5, 0.6) is 0 Å². The first-order valence-electron chi connectivity index (χ1n) is 8.66. The summed E-state index contributed by atoms with van der Waals surface area (Å²) in [4.78, 5) is 14.5. The van der Waals surface area contributed by atoms with Crippen molar-refractivity contribution in [3.63, 3.8) is 0 Å². The maximum Gasteiger partial charge on any atom is 0.227 e. The lowest BCUT2D eigenvalue weighted by Crippen LogP contribution is -2.57. The molecule has 27 heavy (non-hydrogen) atoms. The van der Waals surface area contributed by atoms with Crippen LogP contribution in [0, 0.1) is 0 Å². The van der Waals surface area contributed by atoms with Crippen LogP contribution in [0.4, 0.5) is 0 Å². The van der Waals surface area contributed by atoms with Gasteiger partial charge in [-0.3, -0.25) is 4.79 Å². The van der Waals surface area contributed by atoms with Crippen molar-refractivity contribution in [2.45, 2.75) is 16.6 Å². The van der Waals surface area contributed by atoms with Gasteiger partial charge in [0.1, 0.15) is 5.25 Å². The molecule has 140 valence electrons. The Balaban J connectivity index is 1.44. The molecule has 2 heterocycles. The lowest BCUT2D eigenvalue weighted by molar-refractivity contribution is -0.133. The number of para-hydroxylation sites is 1. The summed E-state index contributed by atoms with van der Waals surface area (Å²) in [5.41, 5.74) is 2.04. The lowest BCUT2D eigenvalue weighted by Gasteiger charge is -2.38. The first-order chi connectivity index (χ1) is 12.9. The van der Waals surface area contributed by atoms with E-state index in [0.717, 1.165) is 16.5 Å². The first kappa shape index (κ1) is 18.1. The predicted molar refractivity (Wildman–Crippen MR) is 106 cm³/mol. The number of carbonyl (C=O) groups is 1. The molecule has 7 heteroatoms. The van der Waals surface area contributed by atoms with E-state index in [-0.39, 0.29) is 30.3 Å². The average molecular weight is 403 g/mol. The molecule has 0 aliphatic carbocycles. The van der Waals surface area contributed by atoms with Gasteiger partial charge in [-0.15, -0.1) is 0 Å². The quantitative estimate of drug-likeness (QED) is 0.673. The molecule has 1 fully saturated rings. The number of aromatic nitrogens is 1. The van der Waals surface area contributed by atoms with Crippen molar-refractivity contribution >= 4 is 38.2 Å². The Bertz CT molecular complexity index is 1110. The summed E-state index contributed by atoms with van der Waals surface area (Å²) in [6, 6.07) is 14.1. The Kier molecular flexibility index (Phi) is 4.48. The Morgan fingerprint density at radius 1 is 1.11 bits per heavy atom. The third kappa shape index (κ3) is 3.24. The monoisotopic (exact) mass is 402 g/mol. The number of rotatable bonds is 4. The molecule has 1 saturated heterocycles. The summed E-state index contributed by atoms with van der Waals surface area (Å²) >= 11 is 5.82. The van der Waals surface area contributed by atoms with E-state index >= 15 is 0 Å². The van der Waals surface area contributed by atoms with Gasteiger partial charge in [0.2, 0.25) is 5.91 Å². The molecule has 2 aromatic carbocycles. The highest BCUT2D eigenvalue weighted by molar-refractivity contribution is 7.92. The number of halogens is 1. The highest BCUT2D eigenvalue weighted by Gasteiger charge is 2.40. The van der Waals surface area contributed by atoms with Gasteiger partial charge < -0.3 is 9.47 Å². The van der Waals surface area contributed by atoms with E-state index in [0.29, 0.717) is 5.02 Å². The molecule has 4 rings (SSSR count). The summed E-state index contributed by atoms with van der Waals surface area (Å²) in [5, 5.41) is 0.990. The van der Waals surface area contributed by atoms with E-state index in [1.807, 2.05) is 42.1 Å². The Morgan fingerprint density at radius 2 is 1.78 bits per heavy atom. The Morgan fingerprint density at radius 3 is 2.48 bits per heavy atom. The molecule has 3 aromatic rings. The lowest BCUT2D eigenvalue weighted by atomic mass is 10.1. The van der Waals surface area contributed by atoms with Crippen LogP contribution in [-0.2, 0) is 28.1 Å². The first-order valence-corrected chi connectivity index (χ1v) is 10.6. The maximum absolute atomic E-state index is 12.6. The van der Waals surface area contributed by atoms with E-state index in [1.54, 1.807) is 17.0 Å². The van der Waals surface area contributed by atoms with Crippen molar-refractivity contribution in [3.8, 4) is 0 Å². The zero-order chi connectivity index (χ0) is 19.2. The fraction of sp³-hybridized carbons (Fsp3) is 0.250. The molecule has 0 unspecified atom stereocenters. The van der Waals surface area contributed by atoms with Crippen LogP contribution in [0.1, 0.15) is 5.56 Å². The standard InChI is InChI=1S/C20H19ClN2O3S/c1-22-11-14(18-4-2-3-5-19(18)22)10-20(24)23-12-17(13-23)27(25,26)16-8-6-15(21)7-9-16/h2-9,11,17H,10,12-13H2,1H3. The molecule has 1 aromatic heterocycles. The number of fused-ring (bicyclic) bond motifs is 1. The molecular weight excluding hydrogens is 384 g/mol. The topological polar surface area (TPSA) is 59.4 Å². The van der Waals surface area contributed by atoms with Crippen molar-refractivity contribution in [2.24, 2.45) is 7.05 Å². The van der Waals surface area contributed by atoms with Gasteiger partial charge in [-0.05, 0) is 35.9 Å². The molecule has 0 bridgehead atoms. The van der Waals surface area contributed by atoms with Gasteiger partial charge in [-0.25, -0.2) is 8.42 Å². The van der Waals surface area contributed by atoms with Crippen LogP contribution >= 0.6 is 11.6 Å². The van der Waals surface area contributed by atoms with Crippen molar-refractivity contribution in [1.82, 2.24) is 9.47 Å². The summed E-state index contributed by atoms with van der Waals surface area (Å²) in [5.74, 6) is -0.0473. The molecular formula is C20H19ClN2O3S. The summed E-state index contributed by atoms with van der Waals surface area (Å²) in [7, 11) is -1.49. The smallest absolute Gasteiger partial charge is 0.227 e. The van der Waals surface area contributed by atoms with Crippen LogP contribution in [-0.4, -0.2) is 42.1 Å². The van der Waals surface area contributed by atoms with Crippen molar-refractivity contribution < 1.29 is 13.2 Å². The second-order valence-corrected chi connectivity index (χ2v) is 9.54. The van der Waals surface area contributed by atoms with Crippen molar-refractivity contribution in [3.05, 3.63) is 65.3 Å². The Hall–Kier alpha value is -2.31. The maximum atomic E-state index is 12.6. The fourth-order valence-corrected chi connectivity index (χ4v) is 5.27. The Labute approximate surface area is 163 Å². The number of benzene rings is 2. The number of nitrogens with zero attached hydrogens (tertiary/aromatic N) is 2. The van der Waals surface area contributed by atoms with Gasteiger partial charge >= 0.3 is 0 Å². The number of hydrogen-bond donors (Lipinski definition) is 0. The number of amides is 1. The normalized spacial score (nSPS) is 15.1. The van der Waals surface area contributed by atoms with E-state index in [1.165, 1.54) is 12.1 Å². The van der Waals surface area contributed by atoms with Gasteiger partial charge in [0.15, 0.2) is 9.84 Å². The van der Waals surface area contributed by atoms with Crippen LogP contribution in [0.2, 0.25) is 5.02 Å². The molecule has 0 atom stereocenters. The molecule has 1 aliphatic heterocycles. The van der Waals surface area contributed by atoms with Crippen LogP contribution in [0.25, 0.3) is 10.9 Å². The summed E-state index contributed by atoms with van der Waals surface area (Å²) in [6.07, 6.45) is 2.24.